The summed E-state index contributed by atoms with van der Waals surface area (Å²) in [6.07, 6.45) is 62.4. The second-order valence-electron chi connectivity index (χ2n) is 18.1. The highest BCUT2D eigenvalue weighted by molar-refractivity contribution is 5.71. The van der Waals surface area contributed by atoms with Crippen LogP contribution in [0.4, 0.5) is 0 Å². The van der Waals surface area contributed by atoms with Gasteiger partial charge in [-0.2, -0.15) is 0 Å². The predicted molar refractivity (Wildman–Crippen MR) is 270 cm³/mol. The predicted octanol–water partition coefficient (Wildman–Crippen LogP) is 17.9. The Hall–Kier alpha value is -2.63. The summed E-state index contributed by atoms with van der Waals surface area (Å²) in [5, 5.41) is 0. The monoisotopic (exact) mass is 883 g/mol. The molecule has 0 amide bonds. The van der Waals surface area contributed by atoms with E-state index in [0.717, 1.165) is 89.9 Å². The lowest BCUT2D eigenvalue weighted by atomic mass is 10.1. The standard InChI is InChI=1S/C57H102O6/c1-4-7-10-13-16-19-22-24-26-27-28-29-30-31-32-34-35-38-41-44-47-50-56(59)62-53-54(52-61-55(58)49-46-43-40-37-21-18-15-12-9-6-3)63-57(60)51-48-45-42-39-36-33-25-23-20-17-14-11-8-5-2/h14,17,22-25,27-28,54H,4-13,15-16,18-21,26,29-53H2,1-3H3/b17-14-,24-22-,25-23-,28-27-. The molecular weight excluding hydrogens is 781 g/mol. The highest BCUT2D eigenvalue weighted by atomic mass is 16.6. The van der Waals surface area contributed by atoms with E-state index in [1.165, 1.54) is 148 Å². The number of carbonyl (C=O) groups excluding carboxylic acids is 3. The molecule has 366 valence electrons. The van der Waals surface area contributed by atoms with Crippen molar-refractivity contribution in [1.29, 1.82) is 0 Å². The van der Waals surface area contributed by atoms with E-state index in [1.807, 2.05) is 0 Å². The van der Waals surface area contributed by atoms with Crippen LogP contribution in [-0.2, 0) is 28.6 Å². The van der Waals surface area contributed by atoms with E-state index in [-0.39, 0.29) is 31.1 Å². The van der Waals surface area contributed by atoms with Gasteiger partial charge in [-0.25, -0.2) is 0 Å². The molecule has 0 bridgehead atoms. The van der Waals surface area contributed by atoms with Crippen LogP contribution in [0.1, 0.15) is 278 Å². The molecule has 0 aromatic carbocycles. The molecule has 0 radical (unpaired) electrons. The fourth-order valence-electron chi connectivity index (χ4n) is 7.67. The Bertz CT molecular complexity index is 1110. The lowest BCUT2D eigenvalue weighted by Gasteiger charge is -2.18. The number of hydrogen-bond acceptors (Lipinski definition) is 6. The first kappa shape index (κ1) is 60.4. The maximum Gasteiger partial charge on any atom is 0.306 e. The average molecular weight is 883 g/mol. The average Bonchev–Trinajstić information content (AvgIpc) is 3.28. The van der Waals surface area contributed by atoms with Gasteiger partial charge in [0.25, 0.3) is 0 Å². The van der Waals surface area contributed by atoms with Crippen LogP contribution < -0.4 is 0 Å². The molecule has 6 heteroatoms. The van der Waals surface area contributed by atoms with Crippen molar-refractivity contribution in [3.8, 4) is 0 Å². The molecule has 1 atom stereocenters. The summed E-state index contributed by atoms with van der Waals surface area (Å²) in [5.74, 6) is -0.890. The number of ether oxygens (including phenoxy) is 3. The Morgan fingerprint density at radius 3 is 0.921 bits per heavy atom. The highest BCUT2D eigenvalue weighted by Crippen LogP contribution is 2.15. The van der Waals surface area contributed by atoms with Gasteiger partial charge in [0.15, 0.2) is 6.10 Å². The molecule has 0 aliphatic carbocycles. The Kier molecular flexibility index (Phi) is 49.8. The minimum atomic E-state index is -0.778. The first-order chi connectivity index (χ1) is 31.0. The summed E-state index contributed by atoms with van der Waals surface area (Å²) in [6, 6.07) is 0. The number of esters is 3. The third-order valence-electron chi connectivity index (χ3n) is 11.8. The van der Waals surface area contributed by atoms with E-state index in [4.69, 9.17) is 14.2 Å². The van der Waals surface area contributed by atoms with Crippen LogP contribution in [0.5, 0.6) is 0 Å². The number of carbonyl (C=O) groups is 3. The summed E-state index contributed by atoms with van der Waals surface area (Å²) in [6.45, 7) is 6.58. The number of rotatable bonds is 49. The molecule has 6 nitrogen and oxygen atoms in total. The first-order valence-corrected chi connectivity index (χ1v) is 27.1. The highest BCUT2D eigenvalue weighted by Gasteiger charge is 2.19. The van der Waals surface area contributed by atoms with E-state index < -0.39 is 6.10 Å². The molecule has 0 aromatic rings. The largest absolute Gasteiger partial charge is 0.462 e. The van der Waals surface area contributed by atoms with E-state index >= 15 is 0 Å². The third-order valence-corrected chi connectivity index (χ3v) is 11.8. The zero-order valence-electron chi connectivity index (χ0n) is 41.8. The topological polar surface area (TPSA) is 78.9 Å². The van der Waals surface area contributed by atoms with Crippen LogP contribution in [0, 0.1) is 0 Å². The van der Waals surface area contributed by atoms with Crippen LogP contribution in [-0.4, -0.2) is 37.2 Å². The van der Waals surface area contributed by atoms with Crippen molar-refractivity contribution in [3.05, 3.63) is 48.6 Å². The Labute approximate surface area is 390 Å². The van der Waals surface area contributed by atoms with E-state index in [2.05, 4.69) is 69.4 Å². The maximum atomic E-state index is 12.8. The van der Waals surface area contributed by atoms with Gasteiger partial charge in [0.2, 0.25) is 0 Å². The molecule has 0 aromatic heterocycles. The number of unbranched alkanes of at least 4 members (excludes halogenated alkanes) is 30. The van der Waals surface area contributed by atoms with Gasteiger partial charge < -0.3 is 14.2 Å². The fraction of sp³-hybridized carbons (Fsp3) is 0.807. The fourth-order valence-corrected chi connectivity index (χ4v) is 7.67. The van der Waals surface area contributed by atoms with Gasteiger partial charge in [-0.1, -0.05) is 230 Å². The SMILES string of the molecule is CCCC/C=C\C/C=C\CCCCCCCC(=O)OC(COC(=O)CCCCCCCCCCCC)COC(=O)CCCCCCCCCCC/C=C\C/C=C\CCCCCCC. The second-order valence-corrected chi connectivity index (χ2v) is 18.1. The van der Waals surface area contributed by atoms with Crippen LogP contribution in [0.25, 0.3) is 0 Å². The first-order valence-electron chi connectivity index (χ1n) is 27.1. The van der Waals surface area contributed by atoms with Crippen molar-refractivity contribution in [2.24, 2.45) is 0 Å². The minimum absolute atomic E-state index is 0.0781. The summed E-state index contributed by atoms with van der Waals surface area (Å²) >= 11 is 0. The molecule has 0 heterocycles. The van der Waals surface area contributed by atoms with Gasteiger partial charge in [-0.15, -0.1) is 0 Å². The zero-order chi connectivity index (χ0) is 45.8. The minimum Gasteiger partial charge on any atom is -0.462 e. The summed E-state index contributed by atoms with van der Waals surface area (Å²) in [5.41, 5.74) is 0. The smallest absolute Gasteiger partial charge is 0.306 e. The van der Waals surface area contributed by atoms with Crippen LogP contribution >= 0.6 is 0 Å². The molecular formula is C57H102O6. The second kappa shape index (κ2) is 52.0. The quantitative estimate of drug-likeness (QED) is 0.0262. The molecule has 0 aliphatic rings. The van der Waals surface area contributed by atoms with Crippen molar-refractivity contribution in [2.75, 3.05) is 13.2 Å². The Balaban J connectivity index is 4.29. The maximum absolute atomic E-state index is 12.8. The van der Waals surface area contributed by atoms with Gasteiger partial charge >= 0.3 is 17.9 Å². The summed E-state index contributed by atoms with van der Waals surface area (Å²) in [4.78, 5) is 38.0. The zero-order valence-corrected chi connectivity index (χ0v) is 41.8. The molecule has 0 saturated heterocycles. The normalized spacial score (nSPS) is 12.4. The van der Waals surface area contributed by atoms with Crippen molar-refractivity contribution in [1.82, 2.24) is 0 Å². The van der Waals surface area contributed by atoms with Gasteiger partial charge in [0, 0.05) is 19.3 Å². The number of allylic oxidation sites excluding steroid dienone is 8. The molecule has 0 N–H and O–H groups in total. The van der Waals surface area contributed by atoms with Gasteiger partial charge in [0.05, 0.1) is 0 Å². The Morgan fingerprint density at radius 2 is 0.587 bits per heavy atom. The van der Waals surface area contributed by atoms with Crippen LogP contribution in [0.3, 0.4) is 0 Å². The molecule has 0 saturated carbocycles. The molecule has 0 fully saturated rings. The van der Waals surface area contributed by atoms with Crippen molar-refractivity contribution in [3.63, 3.8) is 0 Å². The van der Waals surface area contributed by atoms with Gasteiger partial charge in [-0.3, -0.25) is 14.4 Å². The molecule has 0 aliphatic heterocycles. The van der Waals surface area contributed by atoms with Crippen LogP contribution in [0.2, 0.25) is 0 Å². The summed E-state index contributed by atoms with van der Waals surface area (Å²) in [7, 11) is 0. The van der Waals surface area contributed by atoms with E-state index in [1.54, 1.807) is 0 Å². The Morgan fingerprint density at radius 1 is 0.317 bits per heavy atom. The molecule has 0 spiro atoms. The molecule has 1 unspecified atom stereocenters. The third kappa shape index (κ3) is 50.2. The van der Waals surface area contributed by atoms with Gasteiger partial charge in [-0.05, 0) is 77.0 Å². The number of hydrogen-bond donors (Lipinski definition) is 0. The molecule has 0 rings (SSSR count). The lowest BCUT2D eigenvalue weighted by molar-refractivity contribution is -0.167. The van der Waals surface area contributed by atoms with E-state index in [9.17, 15) is 14.4 Å². The molecule has 63 heavy (non-hydrogen) atoms. The van der Waals surface area contributed by atoms with Crippen molar-refractivity contribution >= 4 is 17.9 Å². The van der Waals surface area contributed by atoms with Crippen LogP contribution in [0.15, 0.2) is 48.6 Å². The lowest BCUT2D eigenvalue weighted by Crippen LogP contribution is -2.30. The van der Waals surface area contributed by atoms with Crippen molar-refractivity contribution < 1.29 is 28.6 Å². The van der Waals surface area contributed by atoms with E-state index in [0.29, 0.717) is 19.3 Å². The van der Waals surface area contributed by atoms with Crippen molar-refractivity contribution in [2.45, 2.75) is 284 Å². The summed E-state index contributed by atoms with van der Waals surface area (Å²) < 4.78 is 16.8. The van der Waals surface area contributed by atoms with Gasteiger partial charge in [0.1, 0.15) is 13.2 Å².